The Kier molecular flexibility index (Phi) is 5.54. The maximum absolute atomic E-state index is 13.0. The van der Waals surface area contributed by atoms with E-state index < -0.39 is 21.6 Å². The van der Waals surface area contributed by atoms with E-state index in [9.17, 15) is 21.6 Å². The Morgan fingerprint density at radius 2 is 1.93 bits per heavy atom. The Bertz CT molecular complexity index is 1180. The summed E-state index contributed by atoms with van der Waals surface area (Å²) in [5.41, 5.74) is 2.39. The fourth-order valence-electron chi connectivity index (χ4n) is 3.13. The van der Waals surface area contributed by atoms with E-state index in [2.05, 4.69) is 20.9 Å². The van der Waals surface area contributed by atoms with Gasteiger partial charge in [-0.05, 0) is 46.3 Å². The summed E-state index contributed by atoms with van der Waals surface area (Å²) in [6.07, 6.45) is -4.44. The molecular weight excluding hydrogens is 505 g/mol. The molecule has 158 valence electrons. The number of halogens is 4. The number of aromatic nitrogens is 1. The number of fused-ring (bicyclic) bond motifs is 1. The topological polar surface area (TPSA) is 59.5 Å². The van der Waals surface area contributed by atoms with Crippen LogP contribution in [0.15, 0.2) is 56.7 Å². The summed E-state index contributed by atoms with van der Waals surface area (Å²) >= 11 is 4.54. The van der Waals surface area contributed by atoms with Crippen LogP contribution >= 0.6 is 27.3 Å². The van der Waals surface area contributed by atoms with Gasteiger partial charge in [-0.25, -0.2) is 13.4 Å². The number of hydrogen-bond acceptors (Lipinski definition) is 6. The molecule has 0 N–H and O–H groups in total. The molecule has 0 aliphatic carbocycles. The Balaban J connectivity index is 1.67. The number of benzene rings is 2. The van der Waals surface area contributed by atoms with E-state index in [1.165, 1.54) is 29.5 Å². The molecular formula is C19H14BrF3N2O3S2. The van der Waals surface area contributed by atoms with E-state index in [-0.39, 0.29) is 21.7 Å². The summed E-state index contributed by atoms with van der Waals surface area (Å²) in [5, 5.41) is 1.68. The monoisotopic (exact) mass is 518 g/mol. The van der Waals surface area contributed by atoms with Gasteiger partial charge in [0.1, 0.15) is 12.4 Å². The number of sulfone groups is 1. The van der Waals surface area contributed by atoms with Crippen molar-refractivity contribution in [3.05, 3.63) is 63.0 Å². The molecule has 1 aliphatic rings. The zero-order valence-electron chi connectivity index (χ0n) is 15.2. The third-order valence-electron chi connectivity index (χ3n) is 4.54. The lowest BCUT2D eigenvalue weighted by atomic mass is 10.1. The molecule has 0 atom stereocenters. The number of ether oxygens (including phenoxy) is 1. The number of nitrogens with zero attached hydrogens (tertiary/aromatic N) is 2. The Labute approximate surface area is 183 Å². The summed E-state index contributed by atoms with van der Waals surface area (Å²) in [7, 11) is -3.62. The van der Waals surface area contributed by atoms with Gasteiger partial charge in [0.2, 0.25) is 0 Å². The summed E-state index contributed by atoms with van der Waals surface area (Å²) < 4.78 is 70.2. The van der Waals surface area contributed by atoms with Crippen LogP contribution in [-0.4, -0.2) is 26.6 Å². The lowest BCUT2D eigenvalue weighted by Gasteiger charge is -2.32. The van der Waals surface area contributed by atoms with E-state index in [4.69, 9.17) is 4.74 Å². The highest BCUT2D eigenvalue weighted by Gasteiger charge is 2.32. The Hall–Kier alpha value is -2.11. The normalized spacial score (nSPS) is 14.3. The van der Waals surface area contributed by atoms with Crippen LogP contribution in [0.25, 0.3) is 0 Å². The van der Waals surface area contributed by atoms with Gasteiger partial charge in [-0.15, -0.1) is 11.3 Å². The number of hydrogen-bond donors (Lipinski definition) is 0. The van der Waals surface area contributed by atoms with Crippen LogP contribution in [0.5, 0.6) is 5.75 Å². The lowest BCUT2D eigenvalue weighted by Crippen LogP contribution is -2.29. The van der Waals surface area contributed by atoms with Crippen molar-refractivity contribution in [3.8, 4) is 5.75 Å². The highest BCUT2D eigenvalue weighted by Crippen LogP contribution is 2.42. The first-order valence-corrected chi connectivity index (χ1v) is 12.0. The molecule has 1 aromatic heterocycles. The van der Waals surface area contributed by atoms with E-state index in [1.807, 2.05) is 0 Å². The number of alkyl halides is 3. The molecule has 0 fully saturated rings. The Morgan fingerprint density at radius 3 is 2.60 bits per heavy atom. The van der Waals surface area contributed by atoms with Gasteiger partial charge < -0.3 is 9.64 Å². The first-order chi connectivity index (χ1) is 14.1. The minimum Gasteiger partial charge on any atom is -0.489 e. The van der Waals surface area contributed by atoms with Crippen LogP contribution in [0.2, 0.25) is 0 Å². The van der Waals surface area contributed by atoms with Gasteiger partial charge in [-0.1, -0.05) is 0 Å². The zero-order valence-corrected chi connectivity index (χ0v) is 18.4. The lowest BCUT2D eigenvalue weighted by molar-refractivity contribution is -0.137. The number of thiazole rings is 1. The second kappa shape index (κ2) is 7.86. The van der Waals surface area contributed by atoms with Crippen LogP contribution in [0.1, 0.15) is 11.3 Å². The largest absolute Gasteiger partial charge is 0.489 e. The SMILES string of the molecule is O=S(=O)(Cc1cscn1)c1ccc2c(c1)OCCN2c1ccc(C(F)(F)F)cc1Br. The van der Waals surface area contributed by atoms with Gasteiger partial charge in [-0.3, -0.25) is 0 Å². The van der Waals surface area contributed by atoms with E-state index >= 15 is 0 Å². The van der Waals surface area contributed by atoms with Gasteiger partial charge in [-0.2, -0.15) is 13.2 Å². The van der Waals surface area contributed by atoms with Crippen molar-refractivity contribution in [2.24, 2.45) is 0 Å². The molecule has 0 amide bonds. The quantitative estimate of drug-likeness (QED) is 0.460. The molecule has 2 aromatic carbocycles. The molecule has 0 bridgehead atoms. The molecule has 2 heterocycles. The molecule has 0 spiro atoms. The standard InChI is InChI=1S/C19H14BrF3N2O3S2/c20-15-7-12(19(21,22)23)1-3-16(15)25-5-6-28-18-8-14(2-4-17(18)25)30(26,27)10-13-9-29-11-24-13/h1-4,7-9,11H,5-6,10H2. The fourth-order valence-corrected chi connectivity index (χ4v) is 5.67. The number of rotatable bonds is 4. The van der Waals surface area contributed by atoms with Crippen LogP contribution in [0, 0.1) is 0 Å². The van der Waals surface area contributed by atoms with Crippen LogP contribution < -0.4 is 9.64 Å². The van der Waals surface area contributed by atoms with Crippen molar-refractivity contribution in [3.63, 3.8) is 0 Å². The van der Waals surface area contributed by atoms with Gasteiger partial charge in [0, 0.05) is 15.9 Å². The molecule has 4 rings (SSSR count). The average Bonchev–Trinajstić information content (AvgIpc) is 3.18. The fraction of sp³-hybridized carbons (Fsp3) is 0.211. The summed E-state index contributed by atoms with van der Waals surface area (Å²) in [4.78, 5) is 5.91. The first-order valence-electron chi connectivity index (χ1n) is 8.66. The van der Waals surface area contributed by atoms with E-state index in [0.29, 0.717) is 29.4 Å². The molecule has 0 saturated carbocycles. The maximum atomic E-state index is 13.0. The van der Waals surface area contributed by atoms with Crippen molar-refractivity contribution in [2.45, 2.75) is 16.8 Å². The Morgan fingerprint density at radius 1 is 1.17 bits per heavy atom. The molecule has 30 heavy (non-hydrogen) atoms. The van der Waals surface area contributed by atoms with Crippen molar-refractivity contribution in [1.82, 2.24) is 4.98 Å². The average molecular weight is 519 g/mol. The highest BCUT2D eigenvalue weighted by molar-refractivity contribution is 9.10. The maximum Gasteiger partial charge on any atom is 0.416 e. The van der Waals surface area contributed by atoms with Gasteiger partial charge in [0.05, 0.1) is 45.3 Å². The van der Waals surface area contributed by atoms with Gasteiger partial charge in [0.15, 0.2) is 9.84 Å². The second-order valence-corrected chi connectivity index (χ2v) is 10.1. The first kappa shape index (κ1) is 21.1. The molecule has 3 aromatic rings. The van der Waals surface area contributed by atoms with Crippen molar-refractivity contribution in [1.29, 1.82) is 0 Å². The second-order valence-electron chi connectivity index (χ2n) is 6.53. The summed E-state index contributed by atoms with van der Waals surface area (Å²) in [6, 6.07) is 7.95. The predicted octanol–water partition coefficient (Wildman–Crippen LogP) is 5.43. The predicted molar refractivity (Wildman–Crippen MR) is 111 cm³/mol. The van der Waals surface area contributed by atoms with E-state index in [1.54, 1.807) is 21.9 Å². The minimum atomic E-state index is -4.44. The molecule has 0 saturated heterocycles. The highest BCUT2D eigenvalue weighted by atomic mass is 79.9. The third-order valence-corrected chi connectivity index (χ3v) is 7.46. The van der Waals surface area contributed by atoms with Gasteiger partial charge in [0.25, 0.3) is 0 Å². The molecule has 0 unspecified atom stereocenters. The zero-order chi connectivity index (χ0) is 21.5. The summed E-state index contributed by atoms with van der Waals surface area (Å²) in [5.74, 6) is 0.135. The molecule has 11 heteroatoms. The van der Waals surface area contributed by atoms with Crippen LogP contribution in [0.3, 0.4) is 0 Å². The van der Waals surface area contributed by atoms with Crippen LogP contribution in [-0.2, 0) is 21.8 Å². The van der Waals surface area contributed by atoms with Crippen molar-refractivity contribution < 1.29 is 26.3 Å². The summed E-state index contributed by atoms with van der Waals surface area (Å²) in [6.45, 7) is 0.665. The number of anilines is 2. The molecule has 0 radical (unpaired) electrons. The third kappa shape index (κ3) is 4.19. The molecule has 5 nitrogen and oxygen atoms in total. The van der Waals surface area contributed by atoms with E-state index in [0.717, 1.165) is 12.1 Å². The smallest absolute Gasteiger partial charge is 0.416 e. The van der Waals surface area contributed by atoms with Crippen LogP contribution in [0.4, 0.5) is 24.5 Å². The molecule has 1 aliphatic heterocycles. The minimum absolute atomic E-state index is 0.0996. The van der Waals surface area contributed by atoms with Crippen molar-refractivity contribution >= 4 is 48.5 Å². The van der Waals surface area contributed by atoms with Gasteiger partial charge >= 0.3 is 6.18 Å². The van der Waals surface area contributed by atoms with Crippen molar-refractivity contribution in [2.75, 3.05) is 18.1 Å².